The highest BCUT2D eigenvalue weighted by Crippen LogP contribution is 2.19. The van der Waals surface area contributed by atoms with Gasteiger partial charge in [0.2, 0.25) is 17.7 Å². The smallest absolute Gasteiger partial charge is 0.244 e. The molecule has 9 nitrogen and oxygen atoms in total. The monoisotopic (exact) mass is 422 g/mol. The van der Waals surface area contributed by atoms with Crippen LogP contribution < -0.4 is 5.32 Å². The first kappa shape index (κ1) is 20.8. The topological polar surface area (TPSA) is 96.5 Å². The zero-order valence-corrected chi connectivity index (χ0v) is 17.7. The van der Waals surface area contributed by atoms with E-state index in [1.54, 1.807) is 15.6 Å². The minimum absolute atomic E-state index is 0.0749. The zero-order chi connectivity index (χ0) is 21.8. The van der Waals surface area contributed by atoms with E-state index in [0.717, 1.165) is 12.1 Å². The molecule has 1 saturated heterocycles. The molecule has 1 aromatic carbocycles. The van der Waals surface area contributed by atoms with Crippen molar-refractivity contribution in [1.29, 1.82) is 0 Å². The highest BCUT2D eigenvalue weighted by atomic mass is 16.3. The van der Waals surface area contributed by atoms with E-state index in [4.69, 9.17) is 4.42 Å². The van der Waals surface area contributed by atoms with Crippen molar-refractivity contribution in [3.8, 4) is 11.5 Å². The molecule has 1 N–H and O–H groups in total. The molecule has 0 spiro atoms. The Labute approximate surface area is 180 Å². The Kier molecular flexibility index (Phi) is 6.13. The highest BCUT2D eigenvalue weighted by Gasteiger charge is 2.32. The maximum Gasteiger partial charge on any atom is 0.244 e. The van der Waals surface area contributed by atoms with Crippen molar-refractivity contribution in [2.45, 2.75) is 25.9 Å². The number of hydrogen-bond acceptors (Lipinski definition) is 6. The van der Waals surface area contributed by atoms with Gasteiger partial charge in [0.15, 0.2) is 5.82 Å². The van der Waals surface area contributed by atoms with Gasteiger partial charge in [-0.05, 0) is 26.1 Å². The Morgan fingerprint density at radius 1 is 1.19 bits per heavy atom. The van der Waals surface area contributed by atoms with Crippen LogP contribution in [0.1, 0.15) is 12.6 Å². The van der Waals surface area contributed by atoms with Crippen LogP contribution in [0.5, 0.6) is 0 Å². The van der Waals surface area contributed by atoms with E-state index in [-0.39, 0.29) is 18.2 Å². The summed E-state index contributed by atoms with van der Waals surface area (Å²) in [6.45, 7) is 4.21. The Morgan fingerprint density at radius 2 is 2.00 bits per heavy atom. The number of piperazine rings is 1. The van der Waals surface area contributed by atoms with E-state index >= 15 is 0 Å². The van der Waals surface area contributed by atoms with Crippen LogP contribution in [0.25, 0.3) is 11.5 Å². The molecule has 9 heteroatoms. The maximum atomic E-state index is 12.9. The van der Waals surface area contributed by atoms with Gasteiger partial charge < -0.3 is 14.6 Å². The number of hydrogen-bond donors (Lipinski definition) is 1. The molecule has 1 fully saturated rings. The number of benzene rings is 1. The molecule has 1 atom stereocenters. The Hall–Kier alpha value is -3.46. The molecule has 4 rings (SSSR count). The van der Waals surface area contributed by atoms with Gasteiger partial charge in [0.05, 0.1) is 12.1 Å². The number of anilines is 1. The van der Waals surface area contributed by atoms with Gasteiger partial charge in [0.1, 0.15) is 12.3 Å². The average molecular weight is 422 g/mol. The van der Waals surface area contributed by atoms with E-state index in [0.29, 0.717) is 37.0 Å². The highest BCUT2D eigenvalue weighted by molar-refractivity contribution is 5.94. The fourth-order valence-electron chi connectivity index (χ4n) is 3.57. The van der Waals surface area contributed by atoms with Crippen molar-refractivity contribution >= 4 is 17.6 Å². The normalized spacial score (nSPS) is 17.0. The van der Waals surface area contributed by atoms with Gasteiger partial charge in [-0.25, -0.2) is 4.98 Å². The summed E-state index contributed by atoms with van der Waals surface area (Å²) in [4.78, 5) is 33.8. The molecule has 0 saturated carbocycles. The van der Waals surface area contributed by atoms with E-state index in [2.05, 4.69) is 15.4 Å². The van der Waals surface area contributed by atoms with E-state index < -0.39 is 6.04 Å². The fourth-order valence-corrected chi connectivity index (χ4v) is 3.57. The molecule has 3 aromatic rings. The summed E-state index contributed by atoms with van der Waals surface area (Å²) in [5.41, 5.74) is 1.44. The predicted octanol–water partition coefficient (Wildman–Crippen LogP) is 1.88. The van der Waals surface area contributed by atoms with Crippen LogP contribution >= 0.6 is 0 Å². The number of aryl methyl sites for hydroxylation is 1. The molecule has 1 aliphatic rings. The lowest BCUT2D eigenvalue weighted by Crippen LogP contribution is -2.57. The second-order valence-electron chi connectivity index (χ2n) is 7.57. The van der Waals surface area contributed by atoms with Crippen LogP contribution in [0.3, 0.4) is 0 Å². The molecular weight excluding hydrogens is 396 g/mol. The average Bonchev–Trinajstić information content (AvgIpc) is 3.44. The zero-order valence-electron chi connectivity index (χ0n) is 17.7. The Bertz CT molecular complexity index is 1040. The van der Waals surface area contributed by atoms with Crippen molar-refractivity contribution in [1.82, 2.24) is 24.6 Å². The third-order valence-corrected chi connectivity index (χ3v) is 5.42. The van der Waals surface area contributed by atoms with Gasteiger partial charge in [0, 0.05) is 44.0 Å². The minimum atomic E-state index is -0.443. The number of likely N-dealkylation sites (N-methyl/N-ethyl adjacent to an activating group) is 1. The number of carbonyl (C=O) groups excluding carboxylic acids is 2. The largest absolute Gasteiger partial charge is 0.444 e. The van der Waals surface area contributed by atoms with E-state index in [1.165, 1.54) is 6.26 Å². The standard InChI is InChI=1S/C22H26N6O3/c1-3-28-10-9-19(25-28)24-21(30)18-14-27(12-11-26(18)2)20(29)13-17-15-31-22(23-17)16-7-5-4-6-8-16/h4-10,15,18H,3,11-14H2,1-2H3,(H,24,25,30)/t18-/m1/s1. The lowest BCUT2D eigenvalue weighted by atomic mass is 10.1. The molecule has 0 bridgehead atoms. The quantitative estimate of drug-likeness (QED) is 0.652. The van der Waals surface area contributed by atoms with Crippen molar-refractivity contribution in [3.63, 3.8) is 0 Å². The Balaban J connectivity index is 1.37. The summed E-state index contributed by atoms with van der Waals surface area (Å²) >= 11 is 0. The second-order valence-corrected chi connectivity index (χ2v) is 7.57. The summed E-state index contributed by atoms with van der Waals surface area (Å²) < 4.78 is 7.28. The number of nitrogens with zero attached hydrogens (tertiary/aromatic N) is 5. The van der Waals surface area contributed by atoms with Gasteiger partial charge in [-0.2, -0.15) is 5.10 Å². The number of nitrogens with one attached hydrogen (secondary N) is 1. The lowest BCUT2D eigenvalue weighted by molar-refractivity contribution is -0.135. The number of amides is 2. The maximum absolute atomic E-state index is 12.9. The fraction of sp³-hybridized carbons (Fsp3) is 0.364. The summed E-state index contributed by atoms with van der Waals surface area (Å²) in [5.74, 6) is 0.758. The molecular formula is C22H26N6O3. The van der Waals surface area contributed by atoms with Crippen LogP contribution in [-0.2, 0) is 22.6 Å². The van der Waals surface area contributed by atoms with Gasteiger partial charge >= 0.3 is 0 Å². The summed E-state index contributed by atoms with van der Waals surface area (Å²) in [7, 11) is 1.89. The molecule has 31 heavy (non-hydrogen) atoms. The first-order valence-electron chi connectivity index (χ1n) is 10.4. The van der Waals surface area contributed by atoms with Crippen molar-refractivity contribution in [2.24, 2.45) is 0 Å². The van der Waals surface area contributed by atoms with Crippen LogP contribution in [0.2, 0.25) is 0 Å². The molecule has 2 amide bonds. The first-order valence-corrected chi connectivity index (χ1v) is 10.4. The molecule has 0 unspecified atom stereocenters. The van der Waals surface area contributed by atoms with Gasteiger partial charge in [-0.3, -0.25) is 19.2 Å². The van der Waals surface area contributed by atoms with Crippen LogP contribution in [-0.4, -0.2) is 69.1 Å². The van der Waals surface area contributed by atoms with Gasteiger partial charge in [-0.1, -0.05) is 18.2 Å². The third kappa shape index (κ3) is 4.83. The molecule has 0 aliphatic carbocycles. The van der Waals surface area contributed by atoms with Gasteiger partial charge in [0.25, 0.3) is 0 Å². The summed E-state index contributed by atoms with van der Waals surface area (Å²) in [5, 5.41) is 7.14. The van der Waals surface area contributed by atoms with Crippen molar-refractivity contribution < 1.29 is 14.0 Å². The second kappa shape index (κ2) is 9.13. The van der Waals surface area contributed by atoms with Crippen LogP contribution in [0.15, 0.2) is 53.3 Å². The predicted molar refractivity (Wildman–Crippen MR) is 115 cm³/mol. The first-order chi connectivity index (χ1) is 15.0. The Morgan fingerprint density at radius 3 is 2.74 bits per heavy atom. The lowest BCUT2D eigenvalue weighted by Gasteiger charge is -2.38. The van der Waals surface area contributed by atoms with Crippen LogP contribution in [0.4, 0.5) is 5.82 Å². The minimum Gasteiger partial charge on any atom is -0.444 e. The number of carbonyl (C=O) groups is 2. The van der Waals surface area contributed by atoms with E-state index in [9.17, 15) is 9.59 Å². The molecule has 1 aliphatic heterocycles. The molecule has 0 radical (unpaired) electrons. The third-order valence-electron chi connectivity index (χ3n) is 5.42. The molecule has 3 heterocycles. The number of oxazole rings is 1. The van der Waals surface area contributed by atoms with Crippen LogP contribution in [0, 0.1) is 0 Å². The van der Waals surface area contributed by atoms with Crippen molar-refractivity contribution in [2.75, 3.05) is 32.0 Å². The van der Waals surface area contributed by atoms with Crippen molar-refractivity contribution in [3.05, 3.63) is 54.6 Å². The van der Waals surface area contributed by atoms with Gasteiger partial charge in [-0.15, -0.1) is 0 Å². The van der Waals surface area contributed by atoms with E-state index in [1.807, 2.05) is 55.4 Å². The molecule has 2 aromatic heterocycles. The summed E-state index contributed by atoms with van der Waals surface area (Å²) in [6, 6.07) is 10.9. The molecule has 162 valence electrons. The number of aromatic nitrogens is 3. The summed E-state index contributed by atoms with van der Waals surface area (Å²) in [6.07, 6.45) is 3.47. The SMILES string of the molecule is CCn1ccc(NC(=O)[C@H]2CN(C(=O)Cc3coc(-c4ccccc4)n3)CCN2C)n1. The number of rotatable bonds is 6.